The molecule has 1 saturated heterocycles. The van der Waals surface area contributed by atoms with Crippen LogP contribution in [0.15, 0.2) is 51.9 Å². The highest BCUT2D eigenvalue weighted by Crippen LogP contribution is 2.27. The van der Waals surface area contributed by atoms with Crippen LogP contribution in [0.3, 0.4) is 0 Å². The number of morpholine rings is 1. The maximum atomic E-state index is 13.1. The van der Waals surface area contributed by atoms with E-state index in [1.54, 1.807) is 32.4 Å². The van der Waals surface area contributed by atoms with E-state index in [9.17, 15) is 13.2 Å². The quantitative estimate of drug-likeness (QED) is 0.388. The Morgan fingerprint density at radius 2 is 1.89 bits per heavy atom. The first-order chi connectivity index (χ1) is 17.8. The minimum absolute atomic E-state index is 0.137. The van der Waals surface area contributed by atoms with Crippen molar-refractivity contribution in [3.8, 4) is 22.9 Å². The monoisotopic (exact) mass is 530 g/mol. The molecule has 12 heteroatoms. The van der Waals surface area contributed by atoms with Crippen LogP contribution in [0.4, 0.5) is 0 Å². The van der Waals surface area contributed by atoms with E-state index in [0.29, 0.717) is 61.5 Å². The Morgan fingerprint density at radius 3 is 2.62 bits per heavy atom. The smallest absolute Gasteiger partial charge is 0.246 e. The van der Waals surface area contributed by atoms with Crippen LogP contribution < -0.4 is 9.47 Å². The molecule has 2 aromatic carbocycles. The highest BCUT2D eigenvalue weighted by atomic mass is 32.2. The number of nitrogens with zero attached hydrogens (tertiary/aromatic N) is 4. The number of hydrogen-bond donors (Lipinski definition) is 0. The first-order valence-corrected chi connectivity index (χ1v) is 13.2. The highest BCUT2D eigenvalue weighted by molar-refractivity contribution is 7.89. The molecule has 0 spiro atoms. The van der Waals surface area contributed by atoms with Crippen molar-refractivity contribution in [2.75, 3.05) is 47.6 Å². The Bertz CT molecular complexity index is 1340. The number of sulfonamides is 1. The molecule has 0 saturated carbocycles. The van der Waals surface area contributed by atoms with E-state index in [1.165, 1.54) is 22.4 Å². The van der Waals surface area contributed by atoms with Gasteiger partial charge in [0.05, 0.1) is 38.9 Å². The summed E-state index contributed by atoms with van der Waals surface area (Å²) in [6, 6.07) is 12.0. The summed E-state index contributed by atoms with van der Waals surface area (Å²) >= 11 is 0. The van der Waals surface area contributed by atoms with E-state index in [1.807, 2.05) is 18.2 Å². The van der Waals surface area contributed by atoms with Crippen LogP contribution in [-0.4, -0.2) is 81.2 Å². The van der Waals surface area contributed by atoms with Crippen LogP contribution in [0.2, 0.25) is 0 Å². The lowest BCUT2D eigenvalue weighted by atomic mass is 10.1. The highest BCUT2D eigenvalue weighted by Gasteiger charge is 2.27. The molecule has 0 aliphatic carbocycles. The number of carbonyl (C=O) groups is 1. The first-order valence-electron chi connectivity index (χ1n) is 11.8. The number of ether oxygens (including phenoxy) is 3. The van der Waals surface area contributed by atoms with Gasteiger partial charge in [-0.2, -0.15) is 9.29 Å². The zero-order valence-corrected chi connectivity index (χ0v) is 21.9. The second-order valence-corrected chi connectivity index (χ2v) is 10.4. The lowest BCUT2D eigenvalue weighted by molar-refractivity contribution is -0.130. The van der Waals surface area contributed by atoms with Crippen molar-refractivity contribution in [2.45, 2.75) is 24.3 Å². The maximum Gasteiger partial charge on any atom is 0.246 e. The summed E-state index contributed by atoms with van der Waals surface area (Å²) in [6.45, 7) is 1.48. The van der Waals surface area contributed by atoms with E-state index >= 15 is 0 Å². The Kier molecular flexibility index (Phi) is 8.41. The van der Waals surface area contributed by atoms with E-state index in [-0.39, 0.29) is 23.8 Å². The van der Waals surface area contributed by atoms with Crippen molar-refractivity contribution in [3.05, 3.63) is 53.9 Å². The molecule has 2 heterocycles. The van der Waals surface area contributed by atoms with E-state index < -0.39 is 10.0 Å². The van der Waals surface area contributed by atoms with Crippen molar-refractivity contribution in [3.63, 3.8) is 0 Å². The zero-order chi connectivity index (χ0) is 26.4. The number of carbonyl (C=O) groups excluding carboxylic acids is 1. The van der Waals surface area contributed by atoms with Crippen molar-refractivity contribution >= 4 is 15.9 Å². The number of methoxy groups -OCH3 is 2. The number of amides is 1. The third-order valence-corrected chi connectivity index (χ3v) is 7.96. The molecule has 3 aromatic rings. The number of rotatable bonds is 10. The molecule has 1 amide bonds. The molecule has 37 heavy (non-hydrogen) atoms. The molecule has 11 nitrogen and oxygen atoms in total. The lowest BCUT2D eigenvalue weighted by Crippen LogP contribution is -2.40. The van der Waals surface area contributed by atoms with Crippen LogP contribution in [0, 0.1) is 0 Å². The maximum absolute atomic E-state index is 13.1. The molecule has 198 valence electrons. The van der Waals surface area contributed by atoms with Gasteiger partial charge in [0.15, 0.2) is 0 Å². The summed E-state index contributed by atoms with van der Waals surface area (Å²) in [5.74, 6) is 1.73. The fourth-order valence-electron chi connectivity index (χ4n) is 3.97. The summed E-state index contributed by atoms with van der Waals surface area (Å²) in [6.07, 6.45) is 0.447. The number of aryl methyl sites for hydroxylation is 1. The Hall–Kier alpha value is -3.48. The van der Waals surface area contributed by atoms with Gasteiger partial charge in [-0.25, -0.2) is 8.42 Å². The molecular weight excluding hydrogens is 500 g/mol. The molecule has 4 rings (SSSR count). The van der Waals surface area contributed by atoms with Gasteiger partial charge in [0.25, 0.3) is 0 Å². The predicted octanol–water partition coefficient (Wildman–Crippen LogP) is 2.37. The third kappa shape index (κ3) is 6.27. The number of aromatic nitrogens is 2. The second-order valence-electron chi connectivity index (χ2n) is 8.48. The lowest BCUT2D eigenvalue weighted by Gasteiger charge is -2.26. The Balaban J connectivity index is 1.40. The number of benzene rings is 2. The fraction of sp³-hybridized carbons (Fsp3) is 0.400. The van der Waals surface area contributed by atoms with Gasteiger partial charge < -0.3 is 23.6 Å². The van der Waals surface area contributed by atoms with Gasteiger partial charge in [0.2, 0.25) is 27.6 Å². The molecule has 0 atom stereocenters. The zero-order valence-electron chi connectivity index (χ0n) is 21.0. The summed E-state index contributed by atoms with van der Waals surface area (Å²) in [7, 11) is 1.08. The van der Waals surface area contributed by atoms with E-state index in [4.69, 9.17) is 18.7 Å². The molecule has 1 fully saturated rings. The molecule has 1 aromatic heterocycles. The van der Waals surface area contributed by atoms with Crippen molar-refractivity contribution < 1.29 is 31.9 Å². The Morgan fingerprint density at radius 1 is 1.11 bits per heavy atom. The minimum atomic E-state index is -3.66. The molecule has 0 unspecified atom stereocenters. The van der Waals surface area contributed by atoms with Crippen LogP contribution in [-0.2, 0) is 32.5 Å². The molecule has 0 bridgehead atoms. The third-order valence-electron chi connectivity index (χ3n) is 6.06. The van der Waals surface area contributed by atoms with Crippen LogP contribution in [0.5, 0.6) is 11.5 Å². The largest absolute Gasteiger partial charge is 0.497 e. The first kappa shape index (κ1) is 26.6. The van der Waals surface area contributed by atoms with Crippen molar-refractivity contribution in [1.82, 2.24) is 19.3 Å². The summed E-state index contributed by atoms with van der Waals surface area (Å²) < 4.78 is 48.7. The van der Waals surface area contributed by atoms with E-state index in [0.717, 1.165) is 5.56 Å². The van der Waals surface area contributed by atoms with Gasteiger partial charge in [-0.15, -0.1) is 0 Å². The minimum Gasteiger partial charge on any atom is -0.497 e. The Labute approximate surface area is 216 Å². The predicted molar refractivity (Wildman–Crippen MR) is 134 cm³/mol. The number of hydrogen-bond acceptors (Lipinski definition) is 9. The average Bonchev–Trinajstić information content (AvgIpc) is 3.40. The van der Waals surface area contributed by atoms with E-state index in [2.05, 4.69) is 10.1 Å². The van der Waals surface area contributed by atoms with Crippen molar-refractivity contribution in [1.29, 1.82) is 0 Å². The topological polar surface area (TPSA) is 124 Å². The summed E-state index contributed by atoms with van der Waals surface area (Å²) in [5.41, 5.74) is 1.37. The SMILES string of the molecule is COc1cccc(-c2noc(CN(C)C(=O)CCc3cc(S(=O)(=O)N4CCOCC4)ccc3OC)n2)c1. The molecule has 0 radical (unpaired) electrons. The summed E-state index contributed by atoms with van der Waals surface area (Å²) in [4.78, 5) is 18.9. The van der Waals surface area contributed by atoms with Gasteiger partial charge >= 0.3 is 0 Å². The van der Waals surface area contributed by atoms with Crippen LogP contribution in [0.1, 0.15) is 17.9 Å². The fourth-order valence-corrected chi connectivity index (χ4v) is 5.43. The molecule has 1 aliphatic rings. The van der Waals surface area contributed by atoms with Gasteiger partial charge in [0.1, 0.15) is 11.5 Å². The standard InChI is InChI=1S/C25H30N4O7S/c1-28(17-23-26-25(27-36-23)19-5-4-6-20(15-19)33-2)24(30)10-7-18-16-21(8-9-22(18)34-3)37(31,32)29-11-13-35-14-12-29/h4-6,8-9,15-16H,7,10-14,17H2,1-3H3. The van der Waals surface area contributed by atoms with Gasteiger partial charge in [0, 0.05) is 32.1 Å². The van der Waals surface area contributed by atoms with Crippen molar-refractivity contribution in [2.24, 2.45) is 0 Å². The second kappa shape index (κ2) is 11.7. The summed E-state index contributed by atoms with van der Waals surface area (Å²) in [5, 5.41) is 4.00. The normalized spacial score (nSPS) is 14.4. The van der Waals surface area contributed by atoms with Crippen LogP contribution in [0.25, 0.3) is 11.4 Å². The van der Waals surface area contributed by atoms with Gasteiger partial charge in [-0.05, 0) is 42.3 Å². The molecule has 0 N–H and O–H groups in total. The van der Waals surface area contributed by atoms with Crippen LogP contribution >= 0.6 is 0 Å². The molecular formula is C25H30N4O7S. The average molecular weight is 531 g/mol. The van der Waals surface area contributed by atoms with Gasteiger partial charge in [-0.3, -0.25) is 4.79 Å². The van der Waals surface area contributed by atoms with Gasteiger partial charge in [-0.1, -0.05) is 17.3 Å². The molecule has 1 aliphatic heterocycles.